The number of rotatable bonds is 4. The van der Waals surface area contributed by atoms with Gasteiger partial charge < -0.3 is 5.32 Å². The second-order valence-corrected chi connectivity index (χ2v) is 7.39. The molecular weight excluding hydrogens is 318 g/mol. The first-order valence-electron chi connectivity index (χ1n) is 6.43. The van der Waals surface area contributed by atoms with Crippen molar-refractivity contribution in [1.29, 1.82) is 0 Å². The van der Waals surface area contributed by atoms with Gasteiger partial charge in [-0.1, -0.05) is 11.6 Å². The number of benzene rings is 1. The SMILES string of the molecule is CS(=O)(=O)N1CCC(Nc2ccc([N+](=O)[O-])cc2Cl)CC1. The lowest BCUT2D eigenvalue weighted by Gasteiger charge is -2.31. The van der Waals surface area contributed by atoms with Crippen molar-refractivity contribution in [3.05, 3.63) is 33.3 Å². The quantitative estimate of drug-likeness (QED) is 0.672. The molecule has 0 bridgehead atoms. The van der Waals surface area contributed by atoms with Gasteiger partial charge >= 0.3 is 0 Å². The van der Waals surface area contributed by atoms with Gasteiger partial charge in [0, 0.05) is 31.3 Å². The van der Waals surface area contributed by atoms with Crippen LogP contribution in [0.3, 0.4) is 0 Å². The largest absolute Gasteiger partial charge is 0.381 e. The maximum Gasteiger partial charge on any atom is 0.271 e. The Morgan fingerprint density at radius 2 is 2.00 bits per heavy atom. The smallest absolute Gasteiger partial charge is 0.271 e. The van der Waals surface area contributed by atoms with E-state index in [0.29, 0.717) is 31.6 Å². The zero-order chi connectivity index (χ0) is 15.6. The maximum atomic E-state index is 11.4. The van der Waals surface area contributed by atoms with Crippen molar-refractivity contribution in [2.75, 3.05) is 24.7 Å². The topological polar surface area (TPSA) is 92.6 Å². The predicted molar refractivity (Wildman–Crippen MR) is 81.2 cm³/mol. The molecule has 1 aromatic rings. The fourth-order valence-corrected chi connectivity index (χ4v) is 3.39. The van der Waals surface area contributed by atoms with E-state index in [1.165, 1.54) is 22.7 Å². The van der Waals surface area contributed by atoms with Crippen LogP contribution in [0.1, 0.15) is 12.8 Å². The summed E-state index contributed by atoms with van der Waals surface area (Å²) in [6, 6.07) is 4.36. The third-order valence-corrected chi connectivity index (χ3v) is 5.06. The number of non-ortho nitro benzene ring substituents is 1. The van der Waals surface area contributed by atoms with Crippen LogP contribution in [0.25, 0.3) is 0 Å². The first-order chi connectivity index (χ1) is 9.77. The molecule has 116 valence electrons. The zero-order valence-corrected chi connectivity index (χ0v) is 13.0. The highest BCUT2D eigenvalue weighted by Crippen LogP contribution is 2.28. The van der Waals surface area contributed by atoms with Crippen molar-refractivity contribution in [2.45, 2.75) is 18.9 Å². The number of nitro benzene ring substituents is 1. The molecule has 1 fully saturated rings. The molecular formula is C12H16ClN3O4S. The number of nitro groups is 1. The van der Waals surface area contributed by atoms with E-state index in [0.717, 1.165) is 0 Å². The summed E-state index contributed by atoms with van der Waals surface area (Å²) in [4.78, 5) is 10.1. The minimum atomic E-state index is -3.14. The van der Waals surface area contributed by atoms with Crippen molar-refractivity contribution < 1.29 is 13.3 Å². The van der Waals surface area contributed by atoms with Crippen molar-refractivity contribution >= 4 is 33.0 Å². The Morgan fingerprint density at radius 3 is 2.48 bits per heavy atom. The summed E-state index contributed by atoms with van der Waals surface area (Å²) in [6.07, 6.45) is 2.54. The van der Waals surface area contributed by atoms with Gasteiger partial charge in [0.25, 0.3) is 5.69 Å². The van der Waals surface area contributed by atoms with Gasteiger partial charge in [-0.05, 0) is 18.9 Å². The van der Waals surface area contributed by atoms with E-state index in [-0.39, 0.29) is 16.8 Å². The molecule has 0 spiro atoms. The van der Waals surface area contributed by atoms with E-state index in [4.69, 9.17) is 11.6 Å². The summed E-state index contributed by atoms with van der Waals surface area (Å²) >= 11 is 6.02. The molecule has 1 N–H and O–H groups in total. The monoisotopic (exact) mass is 333 g/mol. The van der Waals surface area contributed by atoms with Gasteiger partial charge in [0.1, 0.15) is 0 Å². The number of sulfonamides is 1. The number of halogens is 1. The minimum Gasteiger partial charge on any atom is -0.381 e. The van der Waals surface area contributed by atoms with Crippen LogP contribution in [0.15, 0.2) is 18.2 Å². The van der Waals surface area contributed by atoms with Crippen LogP contribution < -0.4 is 5.32 Å². The van der Waals surface area contributed by atoms with Gasteiger partial charge in [-0.25, -0.2) is 12.7 Å². The molecule has 2 rings (SSSR count). The third-order valence-electron chi connectivity index (χ3n) is 3.45. The maximum absolute atomic E-state index is 11.4. The van der Waals surface area contributed by atoms with Crippen LogP contribution in [0.5, 0.6) is 0 Å². The number of nitrogens with zero attached hydrogens (tertiary/aromatic N) is 2. The summed E-state index contributed by atoms with van der Waals surface area (Å²) in [5, 5.41) is 14.1. The lowest BCUT2D eigenvalue weighted by molar-refractivity contribution is -0.384. The second-order valence-electron chi connectivity index (χ2n) is 5.00. The van der Waals surface area contributed by atoms with Crippen molar-refractivity contribution in [3.8, 4) is 0 Å². The van der Waals surface area contributed by atoms with Crippen molar-refractivity contribution in [3.63, 3.8) is 0 Å². The van der Waals surface area contributed by atoms with E-state index < -0.39 is 14.9 Å². The number of hydrogen-bond acceptors (Lipinski definition) is 5. The number of nitrogens with one attached hydrogen (secondary N) is 1. The van der Waals surface area contributed by atoms with Crippen molar-refractivity contribution in [2.24, 2.45) is 0 Å². The number of piperidine rings is 1. The molecule has 0 radical (unpaired) electrons. The van der Waals surface area contributed by atoms with Gasteiger partial charge in [-0.2, -0.15) is 0 Å². The molecule has 1 heterocycles. The summed E-state index contributed by atoms with van der Waals surface area (Å²) < 4.78 is 24.3. The molecule has 1 aliphatic rings. The van der Waals surface area contributed by atoms with Gasteiger partial charge in [-0.15, -0.1) is 0 Å². The van der Waals surface area contributed by atoms with Gasteiger partial charge in [0.2, 0.25) is 10.0 Å². The average Bonchev–Trinajstić information content (AvgIpc) is 2.40. The van der Waals surface area contributed by atoms with Gasteiger partial charge in [-0.3, -0.25) is 10.1 Å². The highest BCUT2D eigenvalue weighted by atomic mass is 35.5. The second kappa shape index (κ2) is 6.17. The highest BCUT2D eigenvalue weighted by Gasteiger charge is 2.25. The number of anilines is 1. The Bertz CT molecular complexity index is 642. The Morgan fingerprint density at radius 1 is 1.38 bits per heavy atom. The van der Waals surface area contributed by atoms with E-state index in [1.54, 1.807) is 6.07 Å². The highest BCUT2D eigenvalue weighted by molar-refractivity contribution is 7.88. The molecule has 1 saturated heterocycles. The lowest BCUT2D eigenvalue weighted by atomic mass is 10.1. The molecule has 0 amide bonds. The van der Waals surface area contributed by atoms with Crippen molar-refractivity contribution in [1.82, 2.24) is 4.31 Å². The average molecular weight is 334 g/mol. The Balaban J connectivity index is 1.99. The fraction of sp³-hybridized carbons (Fsp3) is 0.500. The molecule has 0 unspecified atom stereocenters. The van der Waals surface area contributed by atoms with E-state index >= 15 is 0 Å². The minimum absolute atomic E-state index is 0.0579. The van der Waals surface area contributed by atoms with Crippen LogP contribution >= 0.6 is 11.6 Å². The van der Waals surface area contributed by atoms with E-state index in [9.17, 15) is 18.5 Å². The molecule has 1 aliphatic heterocycles. The molecule has 7 nitrogen and oxygen atoms in total. The Labute approximate surface area is 128 Å². The van der Waals surface area contributed by atoms with Crippen LogP contribution in [0, 0.1) is 10.1 Å². The first kappa shape index (κ1) is 16.0. The summed E-state index contributed by atoms with van der Waals surface area (Å²) in [7, 11) is -3.14. The van der Waals surface area contributed by atoms with E-state index in [2.05, 4.69) is 5.32 Å². The predicted octanol–water partition coefficient (Wildman–Crippen LogP) is 2.08. The standard InChI is InChI=1S/C12H16ClN3O4S/c1-21(19,20)15-6-4-9(5-7-15)14-12-3-2-10(16(17)18)8-11(12)13/h2-3,8-9,14H,4-7H2,1H3. The van der Waals surface area contributed by atoms with Gasteiger partial charge in [0.05, 0.1) is 21.9 Å². The fourth-order valence-electron chi connectivity index (χ4n) is 2.29. The summed E-state index contributed by atoms with van der Waals surface area (Å²) in [5.41, 5.74) is 0.567. The third kappa shape index (κ3) is 4.05. The van der Waals surface area contributed by atoms with Gasteiger partial charge in [0.15, 0.2) is 0 Å². The van der Waals surface area contributed by atoms with E-state index in [1.807, 2.05) is 0 Å². The molecule has 0 aromatic heterocycles. The normalized spacial score (nSPS) is 17.6. The zero-order valence-electron chi connectivity index (χ0n) is 11.5. The molecule has 21 heavy (non-hydrogen) atoms. The molecule has 1 aromatic carbocycles. The lowest BCUT2D eigenvalue weighted by Crippen LogP contribution is -2.41. The van der Waals surface area contributed by atoms with Crippen LogP contribution in [-0.4, -0.2) is 43.0 Å². The summed E-state index contributed by atoms with van der Waals surface area (Å²) in [5.74, 6) is 0. The molecule has 0 aliphatic carbocycles. The first-order valence-corrected chi connectivity index (χ1v) is 8.65. The molecule has 0 atom stereocenters. The molecule has 0 saturated carbocycles. The summed E-state index contributed by atoms with van der Waals surface area (Å²) in [6.45, 7) is 0.919. The Kier molecular flexibility index (Phi) is 4.70. The van der Waals surface area contributed by atoms with Crippen LogP contribution in [0.2, 0.25) is 5.02 Å². The van der Waals surface area contributed by atoms with Crippen LogP contribution in [0.4, 0.5) is 11.4 Å². The van der Waals surface area contributed by atoms with Crippen LogP contribution in [-0.2, 0) is 10.0 Å². The molecule has 9 heteroatoms. The number of hydrogen-bond donors (Lipinski definition) is 1. The Hall–Kier alpha value is -1.38.